The summed E-state index contributed by atoms with van der Waals surface area (Å²) in [5.41, 5.74) is 1.31. The van der Waals surface area contributed by atoms with Gasteiger partial charge in [0.1, 0.15) is 5.82 Å². The van der Waals surface area contributed by atoms with E-state index in [1.54, 1.807) is 0 Å². The molecule has 0 saturated carbocycles. The lowest BCUT2D eigenvalue weighted by Gasteiger charge is -2.34. The first kappa shape index (κ1) is 14.3. The number of rotatable bonds is 6. The highest BCUT2D eigenvalue weighted by Gasteiger charge is 2.15. The van der Waals surface area contributed by atoms with E-state index in [4.69, 9.17) is 0 Å². The Morgan fingerprint density at radius 1 is 1.11 bits per heavy atom. The van der Waals surface area contributed by atoms with E-state index in [2.05, 4.69) is 46.1 Å². The van der Waals surface area contributed by atoms with Crippen molar-refractivity contribution >= 4 is 5.82 Å². The summed E-state index contributed by atoms with van der Waals surface area (Å²) in [7, 11) is 0. The molecule has 1 aliphatic rings. The molecule has 1 fully saturated rings. The number of nitrogens with zero attached hydrogens (tertiary/aromatic N) is 3. The average Bonchev–Trinajstić information content (AvgIpc) is 2.44. The highest BCUT2D eigenvalue weighted by atomic mass is 15.3. The zero-order valence-corrected chi connectivity index (χ0v) is 12.2. The average molecular weight is 262 g/mol. The zero-order valence-electron chi connectivity index (χ0n) is 12.2. The number of anilines is 1. The minimum absolute atomic E-state index is 0.922. The van der Waals surface area contributed by atoms with Gasteiger partial charge in [-0.05, 0) is 31.5 Å². The third kappa shape index (κ3) is 4.48. The fraction of sp³-hybridized carbons (Fsp3) is 0.667. The molecule has 1 saturated heterocycles. The summed E-state index contributed by atoms with van der Waals surface area (Å²) in [6.07, 6.45) is 3.26. The van der Waals surface area contributed by atoms with E-state index in [-0.39, 0.29) is 0 Å². The van der Waals surface area contributed by atoms with Crippen LogP contribution in [0.25, 0.3) is 0 Å². The Balaban J connectivity index is 1.78. The summed E-state index contributed by atoms with van der Waals surface area (Å²) in [5, 5.41) is 3.23. The summed E-state index contributed by atoms with van der Waals surface area (Å²) in [4.78, 5) is 9.51. The molecule has 1 aliphatic heterocycles. The van der Waals surface area contributed by atoms with Crippen molar-refractivity contribution in [3.05, 3.63) is 23.9 Å². The number of piperazine rings is 1. The lowest BCUT2D eigenvalue weighted by molar-refractivity contribution is 0.127. The van der Waals surface area contributed by atoms with Gasteiger partial charge >= 0.3 is 0 Å². The summed E-state index contributed by atoms with van der Waals surface area (Å²) in [6, 6.07) is 4.26. The standard InChI is InChI=1S/C15H26N4/c1-3-7-18-8-10-19(11-9-18)13-14-5-6-15(16-4-2)17-12-14/h5-6,12H,3-4,7-11,13H2,1-2H3,(H,16,17). The molecule has 0 amide bonds. The van der Waals surface area contributed by atoms with Gasteiger partial charge < -0.3 is 10.2 Å². The van der Waals surface area contributed by atoms with Gasteiger partial charge in [0.15, 0.2) is 0 Å². The first-order chi connectivity index (χ1) is 9.31. The number of hydrogen-bond donors (Lipinski definition) is 1. The van der Waals surface area contributed by atoms with Crippen molar-refractivity contribution in [2.75, 3.05) is 44.6 Å². The molecule has 1 N–H and O–H groups in total. The maximum atomic E-state index is 4.43. The Hall–Kier alpha value is -1.13. The number of nitrogens with one attached hydrogen (secondary N) is 1. The molecule has 0 bridgehead atoms. The van der Waals surface area contributed by atoms with Crippen molar-refractivity contribution in [2.45, 2.75) is 26.8 Å². The molecule has 2 rings (SSSR count). The van der Waals surface area contributed by atoms with Gasteiger partial charge in [-0.2, -0.15) is 0 Å². The van der Waals surface area contributed by atoms with Crippen LogP contribution in [0.2, 0.25) is 0 Å². The molecule has 106 valence electrons. The van der Waals surface area contributed by atoms with Gasteiger partial charge in [0, 0.05) is 45.5 Å². The number of aromatic nitrogens is 1. The summed E-state index contributed by atoms with van der Waals surface area (Å²) in [6.45, 7) is 12.3. The molecule has 19 heavy (non-hydrogen) atoms. The smallest absolute Gasteiger partial charge is 0.125 e. The minimum atomic E-state index is 0.922. The van der Waals surface area contributed by atoms with Crippen LogP contribution in [0.15, 0.2) is 18.3 Å². The van der Waals surface area contributed by atoms with Crippen molar-refractivity contribution in [1.29, 1.82) is 0 Å². The van der Waals surface area contributed by atoms with E-state index in [0.29, 0.717) is 0 Å². The van der Waals surface area contributed by atoms with Gasteiger partial charge in [-0.15, -0.1) is 0 Å². The second-order valence-electron chi connectivity index (χ2n) is 5.20. The Bertz CT molecular complexity index is 355. The molecule has 0 atom stereocenters. The number of hydrogen-bond acceptors (Lipinski definition) is 4. The van der Waals surface area contributed by atoms with E-state index in [1.807, 2.05) is 6.20 Å². The van der Waals surface area contributed by atoms with Crippen LogP contribution in [-0.2, 0) is 6.54 Å². The summed E-state index contributed by atoms with van der Waals surface area (Å²) in [5.74, 6) is 0.971. The molecule has 1 aromatic heterocycles. The molecule has 0 aromatic carbocycles. The van der Waals surface area contributed by atoms with Crippen LogP contribution in [0.1, 0.15) is 25.8 Å². The molecule has 0 aliphatic carbocycles. The molecule has 4 heteroatoms. The second kappa shape index (κ2) is 7.46. The maximum absolute atomic E-state index is 4.43. The lowest BCUT2D eigenvalue weighted by atomic mass is 10.2. The topological polar surface area (TPSA) is 31.4 Å². The van der Waals surface area contributed by atoms with Crippen LogP contribution in [0.4, 0.5) is 5.82 Å². The molecular formula is C15H26N4. The van der Waals surface area contributed by atoms with E-state index in [9.17, 15) is 0 Å². The van der Waals surface area contributed by atoms with Crippen molar-refractivity contribution < 1.29 is 0 Å². The number of pyridine rings is 1. The van der Waals surface area contributed by atoms with Crippen LogP contribution < -0.4 is 5.32 Å². The van der Waals surface area contributed by atoms with E-state index in [0.717, 1.165) is 18.9 Å². The first-order valence-corrected chi connectivity index (χ1v) is 7.45. The van der Waals surface area contributed by atoms with Gasteiger partial charge in [0.25, 0.3) is 0 Å². The second-order valence-corrected chi connectivity index (χ2v) is 5.20. The highest BCUT2D eigenvalue weighted by molar-refractivity contribution is 5.35. The van der Waals surface area contributed by atoms with Crippen molar-refractivity contribution in [3.8, 4) is 0 Å². The predicted molar refractivity (Wildman–Crippen MR) is 80.4 cm³/mol. The van der Waals surface area contributed by atoms with Gasteiger partial charge in [-0.25, -0.2) is 4.98 Å². The Labute approximate surface area is 116 Å². The Kier molecular flexibility index (Phi) is 5.61. The van der Waals surface area contributed by atoms with Crippen LogP contribution in [0, 0.1) is 0 Å². The van der Waals surface area contributed by atoms with Crippen molar-refractivity contribution in [2.24, 2.45) is 0 Å². The monoisotopic (exact) mass is 262 g/mol. The molecule has 2 heterocycles. The lowest BCUT2D eigenvalue weighted by Crippen LogP contribution is -2.45. The SMILES string of the molecule is CCCN1CCN(Cc2ccc(NCC)nc2)CC1. The minimum Gasteiger partial charge on any atom is -0.370 e. The van der Waals surface area contributed by atoms with Crippen LogP contribution in [0.5, 0.6) is 0 Å². The van der Waals surface area contributed by atoms with Gasteiger partial charge in [0.05, 0.1) is 0 Å². The van der Waals surface area contributed by atoms with Crippen LogP contribution in [0.3, 0.4) is 0 Å². The predicted octanol–water partition coefficient (Wildman–Crippen LogP) is 2.04. The normalized spacial score (nSPS) is 17.6. The molecule has 0 spiro atoms. The molecule has 4 nitrogen and oxygen atoms in total. The summed E-state index contributed by atoms with van der Waals surface area (Å²) >= 11 is 0. The third-order valence-corrected chi connectivity index (χ3v) is 3.59. The van der Waals surface area contributed by atoms with Crippen LogP contribution >= 0.6 is 0 Å². The highest BCUT2D eigenvalue weighted by Crippen LogP contribution is 2.10. The molecule has 0 unspecified atom stereocenters. The van der Waals surface area contributed by atoms with E-state index in [1.165, 1.54) is 44.7 Å². The maximum Gasteiger partial charge on any atom is 0.125 e. The largest absolute Gasteiger partial charge is 0.370 e. The fourth-order valence-corrected chi connectivity index (χ4v) is 2.55. The Morgan fingerprint density at radius 3 is 2.42 bits per heavy atom. The van der Waals surface area contributed by atoms with Crippen molar-refractivity contribution in [3.63, 3.8) is 0 Å². The third-order valence-electron chi connectivity index (χ3n) is 3.59. The van der Waals surface area contributed by atoms with E-state index >= 15 is 0 Å². The van der Waals surface area contributed by atoms with E-state index < -0.39 is 0 Å². The zero-order chi connectivity index (χ0) is 13.5. The van der Waals surface area contributed by atoms with Gasteiger partial charge in [-0.1, -0.05) is 13.0 Å². The van der Waals surface area contributed by atoms with Crippen molar-refractivity contribution in [1.82, 2.24) is 14.8 Å². The fourth-order valence-electron chi connectivity index (χ4n) is 2.55. The van der Waals surface area contributed by atoms with Gasteiger partial charge in [0.2, 0.25) is 0 Å². The Morgan fingerprint density at radius 2 is 1.84 bits per heavy atom. The molecular weight excluding hydrogens is 236 g/mol. The van der Waals surface area contributed by atoms with Gasteiger partial charge in [-0.3, -0.25) is 4.90 Å². The quantitative estimate of drug-likeness (QED) is 0.850. The molecule has 0 radical (unpaired) electrons. The first-order valence-electron chi connectivity index (χ1n) is 7.45. The molecule has 1 aromatic rings. The van der Waals surface area contributed by atoms with Crippen LogP contribution in [-0.4, -0.2) is 54.1 Å². The summed E-state index contributed by atoms with van der Waals surface area (Å²) < 4.78 is 0.